The minimum atomic E-state index is -2.18. The molecule has 4 atom stereocenters. The van der Waals surface area contributed by atoms with E-state index >= 15 is 0 Å². The SMILES string of the molecule is C=C[C@H](N)C(O[Si](CC)(CC)CC)[C@@H](CCCCCl)C(=O)C(C)(C)[C@H](CC(=O)O)O[Si](CC)(CC)CC. The maximum absolute atomic E-state index is 14.5. The van der Waals surface area contributed by atoms with E-state index < -0.39 is 52.2 Å². The number of carboxylic acids is 1. The summed E-state index contributed by atoms with van der Waals surface area (Å²) in [5.41, 5.74) is 5.55. The molecule has 0 bridgehead atoms. The normalized spacial score (nSPS) is 16.2. The van der Waals surface area contributed by atoms with Crippen LogP contribution in [0.5, 0.6) is 0 Å². The first-order valence-electron chi connectivity index (χ1n) is 14.4. The summed E-state index contributed by atoms with van der Waals surface area (Å²) in [4.78, 5) is 26.5. The Kier molecular flexibility index (Phi) is 17.0. The number of hydrogen-bond donors (Lipinski definition) is 2. The molecular weight excluding hydrogens is 522 g/mol. The van der Waals surface area contributed by atoms with Crippen molar-refractivity contribution in [3.63, 3.8) is 0 Å². The number of alkyl halides is 1. The fourth-order valence-corrected chi connectivity index (χ4v) is 11.4. The summed E-state index contributed by atoms with van der Waals surface area (Å²) in [7, 11) is -4.29. The molecule has 0 fully saturated rings. The summed E-state index contributed by atoms with van der Waals surface area (Å²) in [6.07, 6.45) is 2.37. The van der Waals surface area contributed by atoms with Gasteiger partial charge in [-0.1, -0.05) is 67.9 Å². The molecule has 0 heterocycles. The second-order valence-electron chi connectivity index (χ2n) is 11.0. The smallest absolute Gasteiger partial charge is 0.305 e. The van der Waals surface area contributed by atoms with Crippen LogP contribution < -0.4 is 5.73 Å². The van der Waals surface area contributed by atoms with Crippen LogP contribution in [0.3, 0.4) is 0 Å². The van der Waals surface area contributed by atoms with Crippen LogP contribution in [0, 0.1) is 11.3 Å². The Hall–Kier alpha value is -0.516. The number of carbonyl (C=O) groups excluding carboxylic acids is 1. The van der Waals surface area contributed by atoms with Gasteiger partial charge in [0, 0.05) is 23.3 Å². The molecule has 3 N–H and O–H groups in total. The number of aliphatic carboxylic acids is 1. The van der Waals surface area contributed by atoms with E-state index in [-0.39, 0.29) is 12.2 Å². The van der Waals surface area contributed by atoms with Crippen LogP contribution in [-0.4, -0.2) is 57.6 Å². The average Bonchev–Trinajstić information content (AvgIpc) is 2.89. The van der Waals surface area contributed by atoms with Crippen molar-refractivity contribution < 1.29 is 23.5 Å². The summed E-state index contributed by atoms with van der Waals surface area (Å²) < 4.78 is 13.6. The second kappa shape index (κ2) is 17.2. The van der Waals surface area contributed by atoms with Crippen LogP contribution in [0.2, 0.25) is 36.3 Å². The van der Waals surface area contributed by atoms with Crippen molar-refractivity contribution in [3.05, 3.63) is 12.7 Å². The first-order chi connectivity index (χ1) is 17.3. The van der Waals surface area contributed by atoms with Crippen molar-refractivity contribution in [1.82, 2.24) is 0 Å². The maximum atomic E-state index is 14.5. The van der Waals surface area contributed by atoms with Gasteiger partial charge in [-0.2, -0.15) is 0 Å². The number of rotatable bonds is 22. The fraction of sp³-hybridized carbons (Fsp3) is 0.857. The molecule has 37 heavy (non-hydrogen) atoms. The third kappa shape index (κ3) is 10.2. The predicted molar refractivity (Wildman–Crippen MR) is 161 cm³/mol. The Morgan fingerprint density at radius 2 is 1.41 bits per heavy atom. The molecule has 0 saturated heterocycles. The van der Waals surface area contributed by atoms with E-state index in [0.717, 1.165) is 49.1 Å². The van der Waals surface area contributed by atoms with E-state index in [1.54, 1.807) is 6.08 Å². The third-order valence-corrected chi connectivity index (χ3v) is 18.3. The predicted octanol–water partition coefficient (Wildman–Crippen LogP) is 7.38. The van der Waals surface area contributed by atoms with Crippen LogP contribution in [0.15, 0.2) is 12.7 Å². The number of Topliss-reactive ketones (excluding diaryl/α,β-unsaturated/α-hetero) is 1. The van der Waals surface area contributed by atoms with Crippen molar-refractivity contribution in [1.29, 1.82) is 0 Å². The van der Waals surface area contributed by atoms with E-state index in [1.165, 1.54) is 0 Å². The van der Waals surface area contributed by atoms with Crippen LogP contribution in [0.1, 0.15) is 81.1 Å². The van der Waals surface area contributed by atoms with Crippen LogP contribution in [0.25, 0.3) is 0 Å². The average molecular weight is 578 g/mol. The van der Waals surface area contributed by atoms with Gasteiger partial charge < -0.3 is 19.7 Å². The molecule has 0 rings (SSSR count). The van der Waals surface area contributed by atoms with Crippen molar-refractivity contribution in [2.24, 2.45) is 17.1 Å². The van der Waals surface area contributed by atoms with Gasteiger partial charge in [-0.3, -0.25) is 9.59 Å². The molecule has 0 aliphatic heterocycles. The number of unbranched alkanes of at least 4 members (excludes halogenated alkanes) is 1. The van der Waals surface area contributed by atoms with Crippen LogP contribution >= 0.6 is 11.6 Å². The number of nitrogens with two attached hydrogens (primary N) is 1. The van der Waals surface area contributed by atoms with Gasteiger partial charge in [0.25, 0.3) is 0 Å². The highest BCUT2D eigenvalue weighted by molar-refractivity contribution is 6.74. The zero-order valence-electron chi connectivity index (χ0n) is 24.9. The number of hydrogen-bond acceptors (Lipinski definition) is 5. The van der Waals surface area contributed by atoms with Crippen molar-refractivity contribution in [2.75, 3.05) is 5.88 Å². The Balaban J connectivity index is 6.66. The Morgan fingerprint density at radius 3 is 1.78 bits per heavy atom. The topological polar surface area (TPSA) is 98.9 Å². The number of ketones is 1. The van der Waals surface area contributed by atoms with Crippen LogP contribution in [-0.2, 0) is 18.4 Å². The zero-order valence-corrected chi connectivity index (χ0v) is 27.7. The highest BCUT2D eigenvalue weighted by atomic mass is 35.5. The molecular formula is C28H56ClNO5Si2. The van der Waals surface area contributed by atoms with Gasteiger partial charge >= 0.3 is 5.97 Å². The van der Waals surface area contributed by atoms with E-state index in [9.17, 15) is 14.7 Å². The molecule has 0 aliphatic carbocycles. The van der Waals surface area contributed by atoms with Crippen molar-refractivity contribution in [3.8, 4) is 0 Å². The highest BCUT2D eigenvalue weighted by Crippen LogP contribution is 2.39. The summed E-state index contributed by atoms with van der Waals surface area (Å²) >= 11 is 6.00. The van der Waals surface area contributed by atoms with Gasteiger partial charge in [0.1, 0.15) is 5.78 Å². The lowest BCUT2D eigenvalue weighted by molar-refractivity contribution is -0.146. The summed E-state index contributed by atoms with van der Waals surface area (Å²) in [6, 6.07) is 4.95. The van der Waals surface area contributed by atoms with Crippen molar-refractivity contribution >= 4 is 40.0 Å². The molecule has 0 aromatic heterocycles. The maximum Gasteiger partial charge on any atom is 0.305 e. The molecule has 0 amide bonds. The number of halogens is 1. The molecule has 9 heteroatoms. The lowest BCUT2D eigenvalue weighted by atomic mass is 9.72. The van der Waals surface area contributed by atoms with Gasteiger partial charge in [0.05, 0.1) is 18.6 Å². The second-order valence-corrected chi connectivity index (χ2v) is 20.8. The number of carbonyl (C=O) groups is 2. The molecule has 0 radical (unpaired) electrons. The lowest BCUT2D eigenvalue weighted by Crippen LogP contribution is -2.56. The molecule has 0 spiro atoms. The highest BCUT2D eigenvalue weighted by Gasteiger charge is 2.49. The minimum Gasteiger partial charge on any atom is -0.481 e. The lowest BCUT2D eigenvalue weighted by Gasteiger charge is -2.44. The number of carboxylic acid groups (broad SMARTS) is 1. The Bertz CT molecular complexity index is 682. The quantitative estimate of drug-likeness (QED) is 0.0602. The molecule has 0 saturated carbocycles. The molecule has 0 aliphatic rings. The third-order valence-electron chi connectivity index (χ3n) is 8.73. The molecule has 0 aromatic rings. The largest absolute Gasteiger partial charge is 0.481 e. The fourth-order valence-electron chi connectivity index (χ4n) is 5.30. The van der Waals surface area contributed by atoms with Gasteiger partial charge in [-0.05, 0) is 49.1 Å². The molecule has 6 nitrogen and oxygen atoms in total. The Morgan fingerprint density at radius 1 is 0.946 bits per heavy atom. The van der Waals surface area contributed by atoms with E-state index in [2.05, 4.69) is 48.1 Å². The summed E-state index contributed by atoms with van der Waals surface area (Å²) in [6.45, 7) is 20.4. The molecule has 1 unspecified atom stereocenters. The summed E-state index contributed by atoms with van der Waals surface area (Å²) in [5.74, 6) is -0.971. The van der Waals surface area contributed by atoms with Crippen LogP contribution in [0.4, 0.5) is 0 Å². The molecule has 218 valence electrons. The van der Waals surface area contributed by atoms with Gasteiger partial charge in [0.15, 0.2) is 16.6 Å². The standard InChI is InChI=1S/C28H56ClNO5Si2/c1-10-23(30)26(35-37(14-5,15-6)16-7)22(19-17-18-20-29)27(33)28(8,9)24(21-25(31)32)34-36(11-2,12-3)13-4/h10,22-24,26H,1,11-21,30H2,2-9H3,(H,31,32)/t22-,23+,24+,26?/m1/s1. The van der Waals surface area contributed by atoms with Crippen molar-refractivity contribution in [2.45, 2.75) is 136 Å². The van der Waals surface area contributed by atoms with Gasteiger partial charge in [-0.25, -0.2) is 0 Å². The summed E-state index contributed by atoms with van der Waals surface area (Å²) in [5, 5.41) is 9.80. The van der Waals surface area contributed by atoms with E-state index in [0.29, 0.717) is 12.3 Å². The first kappa shape index (κ1) is 36.5. The Labute approximate surface area is 234 Å². The first-order valence-corrected chi connectivity index (χ1v) is 20.0. The van der Waals surface area contributed by atoms with Gasteiger partial charge in [0.2, 0.25) is 0 Å². The van der Waals surface area contributed by atoms with E-state index in [1.807, 2.05) is 13.8 Å². The monoisotopic (exact) mass is 577 g/mol. The van der Waals surface area contributed by atoms with Gasteiger partial charge in [-0.15, -0.1) is 18.2 Å². The van der Waals surface area contributed by atoms with E-state index in [4.69, 9.17) is 26.2 Å². The minimum absolute atomic E-state index is 0.0342. The zero-order chi connectivity index (χ0) is 28.9. The molecule has 0 aromatic carbocycles.